The third-order valence-corrected chi connectivity index (χ3v) is 2.91. The number of methoxy groups -OCH3 is 1. The predicted molar refractivity (Wildman–Crippen MR) is 79.5 cm³/mol. The van der Waals surface area contributed by atoms with Gasteiger partial charge in [-0.3, -0.25) is 14.9 Å². The van der Waals surface area contributed by atoms with E-state index in [1.807, 2.05) is 6.07 Å². The summed E-state index contributed by atoms with van der Waals surface area (Å²) in [7, 11) is 1.37. The van der Waals surface area contributed by atoms with E-state index in [9.17, 15) is 14.9 Å². The lowest BCUT2D eigenvalue weighted by Crippen LogP contribution is -1.97. The van der Waals surface area contributed by atoms with Crippen molar-refractivity contribution in [2.24, 2.45) is 0 Å². The monoisotopic (exact) mass is 283 g/mol. The van der Waals surface area contributed by atoms with Gasteiger partial charge in [-0.25, -0.2) is 0 Å². The van der Waals surface area contributed by atoms with Crippen LogP contribution < -0.4 is 4.74 Å². The molecular weight excluding hydrogens is 270 g/mol. The van der Waals surface area contributed by atoms with Crippen LogP contribution in [0.5, 0.6) is 5.75 Å². The van der Waals surface area contributed by atoms with Crippen LogP contribution in [-0.2, 0) is 0 Å². The third kappa shape index (κ3) is 3.33. The molecule has 0 aromatic heterocycles. The third-order valence-electron chi connectivity index (χ3n) is 2.91. The summed E-state index contributed by atoms with van der Waals surface area (Å²) in [6.45, 7) is 0. The van der Waals surface area contributed by atoms with Gasteiger partial charge < -0.3 is 4.74 Å². The highest BCUT2D eigenvalue weighted by Crippen LogP contribution is 2.31. The molecule has 0 bridgehead atoms. The molecule has 106 valence electrons. The maximum atomic E-state index is 12.0. The van der Waals surface area contributed by atoms with Crippen molar-refractivity contribution in [2.75, 3.05) is 7.11 Å². The molecule has 2 aromatic rings. The van der Waals surface area contributed by atoms with Crippen molar-refractivity contribution >= 4 is 17.5 Å². The minimum atomic E-state index is -0.522. The first-order chi connectivity index (χ1) is 10.1. The molecule has 0 heterocycles. The molecule has 2 rings (SSSR count). The van der Waals surface area contributed by atoms with Crippen LogP contribution >= 0.6 is 0 Å². The Morgan fingerprint density at radius 3 is 2.48 bits per heavy atom. The van der Waals surface area contributed by atoms with E-state index in [4.69, 9.17) is 4.74 Å². The molecule has 2 aromatic carbocycles. The van der Waals surface area contributed by atoms with Gasteiger partial charge in [0.25, 0.3) is 0 Å². The average molecular weight is 283 g/mol. The number of ketones is 1. The highest BCUT2D eigenvalue weighted by Gasteiger charge is 2.18. The summed E-state index contributed by atoms with van der Waals surface area (Å²) in [4.78, 5) is 22.6. The summed E-state index contributed by atoms with van der Waals surface area (Å²) < 4.78 is 4.98. The molecule has 0 aliphatic carbocycles. The molecule has 5 nitrogen and oxygen atoms in total. The molecule has 0 amide bonds. The van der Waals surface area contributed by atoms with Gasteiger partial charge in [-0.2, -0.15) is 0 Å². The fourth-order valence-electron chi connectivity index (χ4n) is 1.90. The van der Waals surface area contributed by atoms with Crippen molar-refractivity contribution in [3.05, 3.63) is 75.8 Å². The molecule has 0 atom stereocenters. The maximum absolute atomic E-state index is 12.0. The Morgan fingerprint density at radius 2 is 1.86 bits per heavy atom. The molecule has 0 spiro atoms. The number of para-hydroxylation sites is 1. The Hall–Kier alpha value is -2.95. The zero-order valence-corrected chi connectivity index (χ0v) is 11.4. The van der Waals surface area contributed by atoms with Crippen molar-refractivity contribution in [3.8, 4) is 5.75 Å². The largest absolute Gasteiger partial charge is 0.490 e. The molecule has 0 saturated heterocycles. The number of nitro groups is 1. The van der Waals surface area contributed by atoms with Gasteiger partial charge in [0.05, 0.1) is 17.6 Å². The second-order valence-corrected chi connectivity index (χ2v) is 4.22. The molecule has 0 N–H and O–H groups in total. The lowest BCUT2D eigenvalue weighted by Gasteiger charge is -2.03. The zero-order chi connectivity index (χ0) is 15.2. The van der Waals surface area contributed by atoms with E-state index in [1.165, 1.54) is 25.3 Å². The topological polar surface area (TPSA) is 69.4 Å². The van der Waals surface area contributed by atoms with Crippen molar-refractivity contribution in [1.82, 2.24) is 0 Å². The summed E-state index contributed by atoms with van der Waals surface area (Å²) in [5.74, 6) is -0.0537. The Balaban J connectivity index is 2.33. The van der Waals surface area contributed by atoms with Crippen LogP contribution in [0.4, 0.5) is 5.69 Å². The second-order valence-electron chi connectivity index (χ2n) is 4.22. The van der Waals surface area contributed by atoms with Crippen LogP contribution in [0.15, 0.2) is 54.6 Å². The number of carbonyl (C=O) groups excluding carboxylic acids is 1. The highest BCUT2D eigenvalue weighted by atomic mass is 16.6. The Morgan fingerprint density at radius 1 is 1.14 bits per heavy atom. The first kappa shape index (κ1) is 14.5. The minimum absolute atomic E-state index is 0.155. The number of hydrogen-bond acceptors (Lipinski definition) is 4. The van der Waals surface area contributed by atoms with Gasteiger partial charge in [-0.1, -0.05) is 36.4 Å². The first-order valence-electron chi connectivity index (χ1n) is 6.22. The molecule has 0 saturated carbocycles. The van der Waals surface area contributed by atoms with Crippen LogP contribution in [0.2, 0.25) is 0 Å². The molecule has 0 radical (unpaired) electrons. The molecular formula is C16H13NO4. The van der Waals surface area contributed by atoms with E-state index in [0.717, 1.165) is 0 Å². The van der Waals surface area contributed by atoms with Crippen molar-refractivity contribution in [1.29, 1.82) is 0 Å². The van der Waals surface area contributed by atoms with Gasteiger partial charge in [0.15, 0.2) is 11.5 Å². The number of allylic oxidation sites excluding steroid dienone is 1. The van der Waals surface area contributed by atoms with Gasteiger partial charge in [0, 0.05) is 5.56 Å². The molecule has 0 unspecified atom stereocenters. The van der Waals surface area contributed by atoms with Crippen molar-refractivity contribution < 1.29 is 14.5 Å². The Kier molecular flexibility index (Phi) is 4.46. The fourth-order valence-corrected chi connectivity index (χ4v) is 1.90. The van der Waals surface area contributed by atoms with Gasteiger partial charge in [0.2, 0.25) is 0 Å². The summed E-state index contributed by atoms with van der Waals surface area (Å²) in [5, 5.41) is 11.1. The van der Waals surface area contributed by atoms with E-state index in [2.05, 4.69) is 0 Å². The Labute approximate surface area is 121 Å². The molecule has 0 fully saturated rings. The number of nitro benzene ring substituents is 1. The summed E-state index contributed by atoms with van der Waals surface area (Å²) in [6, 6.07) is 13.4. The molecule has 0 aliphatic rings. The summed E-state index contributed by atoms with van der Waals surface area (Å²) in [5.41, 5.74) is 0.694. The Bertz CT molecular complexity index is 693. The molecule has 21 heavy (non-hydrogen) atoms. The SMILES string of the molecule is COc1cccc(/C=C/C(=O)c2ccccc2)c1[N+](=O)[O-]. The number of rotatable bonds is 5. The fraction of sp³-hybridized carbons (Fsp3) is 0.0625. The number of nitrogens with zero attached hydrogens (tertiary/aromatic N) is 1. The smallest absolute Gasteiger partial charge is 0.318 e. The predicted octanol–water partition coefficient (Wildman–Crippen LogP) is 3.50. The maximum Gasteiger partial charge on any atom is 0.318 e. The normalized spacial score (nSPS) is 10.5. The number of carbonyl (C=O) groups is 1. The minimum Gasteiger partial charge on any atom is -0.490 e. The van der Waals surface area contributed by atoms with Gasteiger partial charge in [0.1, 0.15) is 0 Å². The van der Waals surface area contributed by atoms with E-state index in [0.29, 0.717) is 11.1 Å². The lowest BCUT2D eigenvalue weighted by atomic mass is 10.1. The average Bonchev–Trinajstić information content (AvgIpc) is 2.52. The van der Waals surface area contributed by atoms with E-state index >= 15 is 0 Å². The summed E-state index contributed by atoms with van der Waals surface area (Å²) in [6.07, 6.45) is 2.74. The van der Waals surface area contributed by atoms with E-state index in [-0.39, 0.29) is 17.2 Å². The van der Waals surface area contributed by atoms with E-state index in [1.54, 1.807) is 36.4 Å². The van der Waals surface area contributed by atoms with Gasteiger partial charge in [-0.05, 0) is 24.3 Å². The number of hydrogen-bond donors (Lipinski definition) is 0. The van der Waals surface area contributed by atoms with Crippen molar-refractivity contribution in [3.63, 3.8) is 0 Å². The van der Waals surface area contributed by atoms with Crippen LogP contribution in [0.3, 0.4) is 0 Å². The second kappa shape index (κ2) is 6.47. The van der Waals surface area contributed by atoms with Gasteiger partial charge in [-0.15, -0.1) is 0 Å². The molecule has 0 aliphatic heterocycles. The van der Waals surface area contributed by atoms with Crippen LogP contribution in [-0.4, -0.2) is 17.8 Å². The van der Waals surface area contributed by atoms with Crippen molar-refractivity contribution in [2.45, 2.75) is 0 Å². The quantitative estimate of drug-likeness (QED) is 0.364. The molecule has 5 heteroatoms. The lowest BCUT2D eigenvalue weighted by molar-refractivity contribution is -0.386. The van der Waals surface area contributed by atoms with Crippen LogP contribution in [0, 0.1) is 10.1 Å². The van der Waals surface area contributed by atoms with E-state index < -0.39 is 4.92 Å². The van der Waals surface area contributed by atoms with Crippen LogP contribution in [0.25, 0.3) is 6.08 Å². The standard InChI is InChI=1S/C16H13NO4/c1-21-15-9-5-8-13(16(15)17(19)20)10-11-14(18)12-6-3-2-4-7-12/h2-11H,1H3/b11-10+. The highest BCUT2D eigenvalue weighted by molar-refractivity contribution is 6.07. The van der Waals surface area contributed by atoms with Crippen LogP contribution in [0.1, 0.15) is 15.9 Å². The summed E-state index contributed by atoms with van der Waals surface area (Å²) >= 11 is 0. The zero-order valence-electron chi connectivity index (χ0n) is 11.4. The number of ether oxygens (including phenoxy) is 1. The first-order valence-corrected chi connectivity index (χ1v) is 6.22. The van der Waals surface area contributed by atoms with Gasteiger partial charge >= 0.3 is 5.69 Å². The number of benzene rings is 2.